The summed E-state index contributed by atoms with van der Waals surface area (Å²) in [6.45, 7) is 1.86. The summed E-state index contributed by atoms with van der Waals surface area (Å²) in [5.74, 6) is 0. The number of hydrogen-bond donors (Lipinski definition) is 1. The Morgan fingerprint density at radius 3 is 3.00 bits per heavy atom. The Morgan fingerprint density at radius 2 is 2.42 bits per heavy atom. The maximum Gasteiger partial charge on any atom is 0.289 e. The number of nitrogens with one attached hydrogen (secondary N) is 1. The number of anilines is 1. The fraction of sp³-hybridized carbons (Fsp3) is 0.462. The van der Waals surface area contributed by atoms with Crippen LogP contribution in [0.3, 0.4) is 0 Å². The maximum atomic E-state index is 10.9. The Morgan fingerprint density at radius 1 is 1.63 bits per heavy atom. The molecule has 0 aliphatic carbocycles. The lowest BCUT2D eigenvalue weighted by atomic mass is 10.1. The molecule has 1 saturated heterocycles. The lowest BCUT2D eigenvalue weighted by Gasteiger charge is -2.20. The smallest absolute Gasteiger partial charge is 0.289 e. The number of nitro groups is 1. The van der Waals surface area contributed by atoms with Gasteiger partial charge in [0.1, 0.15) is 11.6 Å². The van der Waals surface area contributed by atoms with E-state index in [0.717, 1.165) is 19.5 Å². The van der Waals surface area contributed by atoms with Crippen molar-refractivity contribution in [3.63, 3.8) is 0 Å². The zero-order valence-electron chi connectivity index (χ0n) is 10.8. The van der Waals surface area contributed by atoms with Crippen LogP contribution in [0.15, 0.2) is 18.2 Å². The zero-order chi connectivity index (χ0) is 13.8. The van der Waals surface area contributed by atoms with Crippen LogP contribution in [0.1, 0.15) is 18.4 Å². The minimum absolute atomic E-state index is 0.0912. The van der Waals surface area contributed by atoms with Gasteiger partial charge in [-0.15, -0.1) is 0 Å². The first-order valence-electron chi connectivity index (χ1n) is 6.24. The Labute approximate surface area is 111 Å². The second kappa shape index (κ2) is 5.67. The highest BCUT2D eigenvalue weighted by Gasteiger charge is 2.21. The van der Waals surface area contributed by atoms with Crippen LogP contribution in [0.4, 0.5) is 11.4 Å². The molecule has 6 nitrogen and oxygen atoms in total. The molecule has 1 unspecified atom stereocenters. The molecule has 100 valence electrons. The lowest BCUT2D eigenvalue weighted by Crippen LogP contribution is -2.31. The van der Waals surface area contributed by atoms with E-state index in [-0.39, 0.29) is 11.3 Å². The summed E-state index contributed by atoms with van der Waals surface area (Å²) in [5.41, 5.74) is 0.631. The summed E-state index contributed by atoms with van der Waals surface area (Å²) >= 11 is 0. The van der Waals surface area contributed by atoms with E-state index in [1.54, 1.807) is 6.07 Å². The molecule has 0 aromatic heterocycles. The van der Waals surface area contributed by atoms with E-state index in [4.69, 9.17) is 5.26 Å². The third-order valence-electron chi connectivity index (χ3n) is 3.53. The molecule has 2 rings (SSSR count). The summed E-state index contributed by atoms with van der Waals surface area (Å²) < 4.78 is 0. The summed E-state index contributed by atoms with van der Waals surface area (Å²) in [5, 5.41) is 22.9. The number of nitriles is 1. The van der Waals surface area contributed by atoms with Crippen molar-refractivity contribution in [1.82, 2.24) is 4.90 Å². The van der Waals surface area contributed by atoms with Gasteiger partial charge in [0.15, 0.2) is 0 Å². The molecule has 1 aromatic carbocycles. The van der Waals surface area contributed by atoms with Crippen molar-refractivity contribution in [2.45, 2.75) is 18.9 Å². The molecule has 0 saturated carbocycles. The minimum Gasteiger partial charge on any atom is -0.383 e. The molecule has 1 aliphatic rings. The second-order valence-corrected chi connectivity index (χ2v) is 4.76. The van der Waals surface area contributed by atoms with Gasteiger partial charge in [-0.05, 0) is 38.6 Å². The first kappa shape index (κ1) is 13.3. The van der Waals surface area contributed by atoms with Crippen molar-refractivity contribution in [2.75, 3.05) is 25.5 Å². The number of likely N-dealkylation sites (tertiary alicyclic amines) is 1. The van der Waals surface area contributed by atoms with Crippen LogP contribution in [-0.4, -0.2) is 36.0 Å². The number of likely N-dealkylation sites (N-methyl/N-ethyl adjacent to an activating group) is 1. The van der Waals surface area contributed by atoms with E-state index in [1.807, 2.05) is 6.07 Å². The number of hydrogen-bond acceptors (Lipinski definition) is 5. The highest BCUT2D eigenvalue weighted by atomic mass is 16.6. The van der Waals surface area contributed by atoms with E-state index >= 15 is 0 Å². The molecule has 0 bridgehead atoms. The van der Waals surface area contributed by atoms with E-state index in [1.165, 1.54) is 18.6 Å². The van der Waals surface area contributed by atoms with E-state index in [9.17, 15) is 10.1 Å². The summed E-state index contributed by atoms with van der Waals surface area (Å²) in [6.07, 6.45) is 2.33. The van der Waals surface area contributed by atoms with E-state index in [2.05, 4.69) is 17.3 Å². The van der Waals surface area contributed by atoms with Gasteiger partial charge in [-0.25, -0.2) is 0 Å². The summed E-state index contributed by atoms with van der Waals surface area (Å²) in [4.78, 5) is 12.6. The molecule has 0 amide bonds. The summed E-state index contributed by atoms with van der Waals surface area (Å²) in [7, 11) is 2.08. The lowest BCUT2D eigenvalue weighted by molar-refractivity contribution is -0.385. The van der Waals surface area contributed by atoms with Gasteiger partial charge in [-0.1, -0.05) is 0 Å². The quantitative estimate of drug-likeness (QED) is 0.661. The number of rotatable bonds is 4. The number of nitrogens with zero attached hydrogens (tertiary/aromatic N) is 3. The third-order valence-corrected chi connectivity index (χ3v) is 3.53. The molecular formula is C13H16N4O2. The monoisotopic (exact) mass is 260 g/mol. The predicted molar refractivity (Wildman–Crippen MR) is 72.0 cm³/mol. The van der Waals surface area contributed by atoms with Crippen LogP contribution in [-0.2, 0) is 0 Å². The van der Waals surface area contributed by atoms with Crippen LogP contribution < -0.4 is 5.32 Å². The van der Waals surface area contributed by atoms with Crippen LogP contribution in [0.25, 0.3) is 0 Å². The minimum atomic E-state index is -0.522. The van der Waals surface area contributed by atoms with Gasteiger partial charge in [0.05, 0.1) is 4.92 Å². The molecule has 1 heterocycles. The Hall–Kier alpha value is -2.13. The van der Waals surface area contributed by atoms with Crippen molar-refractivity contribution in [1.29, 1.82) is 5.26 Å². The largest absolute Gasteiger partial charge is 0.383 e. The topological polar surface area (TPSA) is 82.2 Å². The van der Waals surface area contributed by atoms with E-state index < -0.39 is 4.92 Å². The van der Waals surface area contributed by atoms with Crippen molar-refractivity contribution in [2.24, 2.45) is 0 Å². The molecule has 1 fully saturated rings. The predicted octanol–water partition coefficient (Wildman–Crippen LogP) is 1.97. The van der Waals surface area contributed by atoms with Crippen LogP contribution >= 0.6 is 0 Å². The summed E-state index contributed by atoms with van der Waals surface area (Å²) in [6, 6.07) is 6.92. The highest BCUT2D eigenvalue weighted by Crippen LogP contribution is 2.23. The first-order valence-corrected chi connectivity index (χ1v) is 6.24. The van der Waals surface area contributed by atoms with E-state index in [0.29, 0.717) is 11.7 Å². The standard InChI is InChI=1S/C13H16N4O2/c1-16-6-2-3-12(16)9-15-11-5-4-10(8-14)13(7-11)17(18)19/h4-5,7,12,15H,2-3,6,9H2,1H3. The molecule has 1 aliphatic heterocycles. The van der Waals surface area contributed by atoms with Gasteiger partial charge in [0.25, 0.3) is 5.69 Å². The molecule has 19 heavy (non-hydrogen) atoms. The Bertz CT molecular complexity index is 524. The maximum absolute atomic E-state index is 10.9. The second-order valence-electron chi connectivity index (χ2n) is 4.76. The van der Waals surface area contributed by atoms with Crippen LogP contribution in [0.2, 0.25) is 0 Å². The van der Waals surface area contributed by atoms with Crippen molar-refractivity contribution >= 4 is 11.4 Å². The third kappa shape index (κ3) is 3.01. The average Bonchev–Trinajstić information content (AvgIpc) is 2.81. The Balaban J connectivity index is 2.07. The molecule has 1 N–H and O–H groups in total. The van der Waals surface area contributed by atoms with Crippen LogP contribution in [0, 0.1) is 21.4 Å². The van der Waals surface area contributed by atoms with Crippen molar-refractivity contribution in [3.05, 3.63) is 33.9 Å². The van der Waals surface area contributed by atoms with Gasteiger partial charge >= 0.3 is 0 Å². The Kier molecular flexibility index (Phi) is 3.97. The molecule has 1 atom stereocenters. The molecule has 6 heteroatoms. The zero-order valence-corrected chi connectivity index (χ0v) is 10.8. The molecule has 0 radical (unpaired) electrons. The van der Waals surface area contributed by atoms with Gasteiger partial charge in [0.2, 0.25) is 0 Å². The normalized spacial score (nSPS) is 19.1. The fourth-order valence-corrected chi connectivity index (χ4v) is 2.36. The van der Waals surface area contributed by atoms with Gasteiger partial charge in [-0.2, -0.15) is 5.26 Å². The van der Waals surface area contributed by atoms with Crippen molar-refractivity contribution < 1.29 is 4.92 Å². The number of benzene rings is 1. The van der Waals surface area contributed by atoms with Gasteiger partial charge < -0.3 is 10.2 Å². The SMILES string of the molecule is CN1CCCC1CNc1ccc(C#N)c([N+](=O)[O-])c1. The highest BCUT2D eigenvalue weighted by molar-refractivity contribution is 5.59. The molecular weight excluding hydrogens is 244 g/mol. The first-order chi connectivity index (χ1) is 9.11. The van der Waals surface area contributed by atoms with Gasteiger partial charge in [0, 0.05) is 24.3 Å². The fourth-order valence-electron chi connectivity index (χ4n) is 2.36. The molecule has 1 aromatic rings. The average molecular weight is 260 g/mol. The molecule has 0 spiro atoms. The van der Waals surface area contributed by atoms with Gasteiger partial charge in [-0.3, -0.25) is 10.1 Å². The van der Waals surface area contributed by atoms with Crippen LogP contribution in [0.5, 0.6) is 0 Å². The number of nitro benzene ring substituents is 1. The van der Waals surface area contributed by atoms with Crippen molar-refractivity contribution in [3.8, 4) is 6.07 Å².